The van der Waals surface area contributed by atoms with Crippen molar-refractivity contribution in [2.24, 2.45) is 0 Å². The highest BCUT2D eigenvalue weighted by molar-refractivity contribution is 6.30. The highest BCUT2D eigenvalue weighted by Gasteiger charge is 2.19. The monoisotopic (exact) mass is 379 g/mol. The van der Waals surface area contributed by atoms with Crippen LogP contribution in [0.5, 0.6) is 5.75 Å². The van der Waals surface area contributed by atoms with Gasteiger partial charge in [0.1, 0.15) is 11.6 Å². The number of carboxylic acid groups (broad SMARTS) is 1. The number of aryl methyl sites for hydroxylation is 1. The summed E-state index contributed by atoms with van der Waals surface area (Å²) in [5.41, 5.74) is 2.00. The van der Waals surface area contributed by atoms with Gasteiger partial charge < -0.3 is 15.2 Å². The van der Waals surface area contributed by atoms with Crippen molar-refractivity contribution in [2.45, 2.75) is 25.8 Å². The minimum Gasteiger partial charge on any atom is -0.496 e. The summed E-state index contributed by atoms with van der Waals surface area (Å²) in [4.78, 5) is 23.5. The fourth-order valence-corrected chi connectivity index (χ4v) is 2.68. The van der Waals surface area contributed by atoms with Gasteiger partial charge in [0.2, 0.25) is 5.91 Å². The Kier molecular flexibility index (Phi) is 6.58. The summed E-state index contributed by atoms with van der Waals surface area (Å²) in [5.74, 6) is -1.49. The molecule has 0 bridgehead atoms. The van der Waals surface area contributed by atoms with Crippen molar-refractivity contribution in [2.75, 3.05) is 7.11 Å². The molecule has 1 atom stereocenters. The number of carbonyl (C=O) groups is 2. The number of aliphatic carboxylic acids is 1. The van der Waals surface area contributed by atoms with E-state index in [-0.39, 0.29) is 23.8 Å². The van der Waals surface area contributed by atoms with Crippen LogP contribution in [0, 0.1) is 12.7 Å². The molecular weight excluding hydrogens is 361 g/mol. The van der Waals surface area contributed by atoms with Crippen molar-refractivity contribution in [1.29, 1.82) is 0 Å². The van der Waals surface area contributed by atoms with Crippen LogP contribution in [0.2, 0.25) is 5.02 Å². The molecule has 7 heteroatoms. The zero-order valence-electron chi connectivity index (χ0n) is 14.4. The van der Waals surface area contributed by atoms with Crippen LogP contribution in [-0.4, -0.2) is 24.1 Å². The molecule has 5 nitrogen and oxygen atoms in total. The van der Waals surface area contributed by atoms with Crippen LogP contribution in [0.25, 0.3) is 0 Å². The van der Waals surface area contributed by atoms with Gasteiger partial charge in [-0.25, -0.2) is 4.39 Å². The molecule has 0 radical (unpaired) electrons. The molecule has 2 aromatic carbocycles. The molecule has 0 aliphatic rings. The second-order valence-corrected chi connectivity index (χ2v) is 6.28. The minimum atomic E-state index is -1.11. The van der Waals surface area contributed by atoms with Crippen molar-refractivity contribution in [3.63, 3.8) is 0 Å². The molecule has 0 saturated heterocycles. The predicted octanol–water partition coefficient (Wildman–Crippen LogP) is 3.67. The van der Waals surface area contributed by atoms with Crippen molar-refractivity contribution in [1.82, 2.24) is 5.32 Å². The van der Waals surface area contributed by atoms with E-state index in [2.05, 4.69) is 5.32 Å². The summed E-state index contributed by atoms with van der Waals surface area (Å²) in [6.07, 6.45) is -0.327. The largest absolute Gasteiger partial charge is 0.496 e. The maximum Gasteiger partial charge on any atom is 0.305 e. The van der Waals surface area contributed by atoms with E-state index in [1.54, 1.807) is 19.2 Å². The zero-order chi connectivity index (χ0) is 19.3. The molecule has 0 spiro atoms. The summed E-state index contributed by atoms with van der Waals surface area (Å²) >= 11 is 5.65. The minimum absolute atomic E-state index is 0.0445. The standard InChI is InChI=1S/C19H19ClFNO4/c1-11-3-4-12(7-17(11)26-2)8-18(23)22-16(10-19(24)25)13-5-6-14(20)15(21)9-13/h3-7,9,16H,8,10H2,1-2H3,(H,22,23)(H,24,25). The van der Waals surface area contributed by atoms with Gasteiger partial charge in [-0.1, -0.05) is 29.8 Å². The van der Waals surface area contributed by atoms with Crippen LogP contribution >= 0.6 is 11.6 Å². The molecule has 1 amide bonds. The topological polar surface area (TPSA) is 75.6 Å². The normalized spacial score (nSPS) is 11.7. The van der Waals surface area contributed by atoms with E-state index in [0.717, 1.165) is 17.2 Å². The number of methoxy groups -OCH3 is 1. The van der Waals surface area contributed by atoms with Gasteiger partial charge in [0.15, 0.2) is 0 Å². The lowest BCUT2D eigenvalue weighted by atomic mass is 10.0. The van der Waals surface area contributed by atoms with E-state index in [9.17, 15) is 14.0 Å². The number of ether oxygens (including phenoxy) is 1. The average Bonchev–Trinajstić information content (AvgIpc) is 2.58. The van der Waals surface area contributed by atoms with E-state index in [1.165, 1.54) is 12.1 Å². The lowest BCUT2D eigenvalue weighted by Crippen LogP contribution is -2.31. The number of carboxylic acids is 1. The molecule has 0 aromatic heterocycles. The summed E-state index contributed by atoms with van der Waals surface area (Å²) < 4.78 is 18.9. The smallest absolute Gasteiger partial charge is 0.305 e. The van der Waals surface area contributed by atoms with Crippen molar-refractivity contribution >= 4 is 23.5 Å². The molecular formula is C19H19ClFNO4. The maximum atomic E-state index is 13.7. The fraction of sp³-hybridized carbons (Fsp3) is 0.263. The van der Waals surface area contributed by atoms with Gasteiger partial charge in [0, 0.05) is 0 Å². The third-order valence-corrected chi connectivity index (χ3v) is 4.20. The maximum absolute atomic E-state index is 13.7. The van der Waals surface area contributed by atoms with Crippen LogP contribution in [0.1, 0.15) is 29.2 Å². The van der Waals surface area contributed by atoms with E-state index in [4.69, 9.17) is 21.4 Å². The summed E-state index contributed by atoms with van der Waals surface area (Å²) in [6, 6.07) is 8.48. The van der Waals surface area contributed by atoms with Crippen LogP contribution in [0.4, 0.5) is 4.39 Å². The Labute approximate surface area is 155 Å². The molecule has 2 N–H and O–H groups in total. The molecule has 1 unspecified atom stereocenters. The predicted molar refractivity (Wildman–Crippen MR) is 96.0 cm³/mol. The Hall–Kier alpha value is -2.60. The first-order chi connectivity index (χ1) is 12.3. The first-order valence-electron chi connectivity index (χ1n) is 7.89. The summed E-state index contributed by atoms with van der Waals surface area (Å²) in [6.45, 7) is 1.89. The van der Waals surface area contributed by atoms with E-state index in [0.29, 0.717) is 11.3 Å². The van der Waals surface area contributed by atoms with Gasteiger partial charge in [0.25, 0.3) is 0 Å². The Morgan fingerprint density at radius 3 is 2.62 bits per heavy atom. The van der Waals surface area contributed by atoms with Gasteiger partial charge >= 0.3 is 5.97 Å². The second kappa shape index (κ2) is 8.67. The lowest BCUT2D eigenvalue weighted by Gasteiger charge is -2.18. The Balaban J connectivity index is 2.15. The second-order valence-electron chi connectivity index (χ2n) is 5.87. The molecule has 2 rings (SSSR count). The number of carbonyl (C=O) groups excluding carboxylic acids is 1. The number of halogens is 2. The van der Waals surface area contributed by atoms with Gasteiger partial charge in [-0.05, 0) is 41.8 Å². The number of hydrogen-bond acceptors (Lipinski definition) is 3. The number of amides is 1. The third kappa shape index (κ3) is 5.20. The SMILES string of the molecule is COc1cc(CC(=O)NC(CC(=O)O)c2ccc(Cl)c(F)c2)ccc1C. The summed E-state index contributed by atoms with van der Waals surface area (Å²) in [7, 11) is 1.55. The quantitative estimate of drug-likeness (QED) is 0.769. The van der Waals surface area contributed by atoms with Crippen LogP contribution in [-0.2, 0) is 16.0 Å². The van der Waals surface area contributed by atoms with E-state index >= 15 is 0 Å². The number of benzene rings is 2. The molecule has 138 valence electrons. The van der Waals surface area contributed by atoms with Crippen molar-refractivity contribution in [3.05, 3.63) is 63.9 Å². The molecule has 0 aliphatic heterocycles. The van der Waals surface area contributed by atoms with Gasteiger partial charge in [-0.2, -0.15) is 0 Å². The van der Waals surface area contributed by atoms with Crippen LogP contribution in [0.15, 0.2) is 36.4 Å². The van der Waals surface area contributed by atoms with Gasteiger partial charge in [0.05, 0.1) is 31.0 Å². The van der Waals surface area contributed by atoms with Crippen LogP contribution < -0.4 is 10.1 Å². The highest BCUT2D eigenvalue weighted by Crippen LogP contribution is 2.23. The van der Waals surface area contributed by atoms with Crippen molar-refractivity contribution < 1.29 is 23.8 Å². The fourth-order valence-electron chi connectivity index (χ4n) is 2.56. The lowest BCUT2D eigenvalue weighted by molar-refractivity contribution is -0.137. The summed E-state index contributed by atoms with van der Waals surface area (Å²) in [5, 5.41) is 11.7. The number of hydrogen-bond donors (Lipinski definition) is 2. The van der Waals surface area contributed by atoms with Crippen molar-refractivity contribution in [3.8, 4) is 5.75 Å². The highest BCUT2D eigenvalue weighted by atomic mass is 35.5. The van der Waals surface area contributed by atoms with Gasteiger partial charge in [-0.3, -0.25) is 9.59 Å². The zero-order valence-corrected chi connectivity index (χ0v) is 15.1. The molecule has 2 aromatic rings. The first-order valence-corrected chi connectivity index (χ1v) is 8.27. The number of nitrogens with one attached hydrogen (secondary N) is 1. The average molecular weight is 380 g/mol. The van der Waals surface area contributed by atoms with Crippen LogP contribution in [0.3, 0.4) is 0 Å². The Morgan fingerprint density at radius 2 is 2.00 bits per heavy atom. The first kappa shape index (κ1) is 19.7. The van der Waals surface area contributed by atoms with E-state index < -0.39 is 17.8 Å². The number of rotatable bonds is 7. The molecule has 0 aliphatic carbocycles. The Bertz CT molecular complexity index is 825. The third-order valence-electron chi connectivity index (χ3n) is 3.90. The molecule has 0 heterocycles. The van der Waals surface area contributed by atoms with E-state index in [1.807, 2.05) is 13.0 Å². The molecule has 0 fully saturated rings. The van der Waals surface area contributed by atoms with Gasteiger partial charge in [-0.15, -0.1) is 0 Å². The Morgan fingerprint density at radius 1 is 1.27 bits per heavy atom. The molecule has 26 heavy (non-hydrogen) atoms. The molecule has 0 saturated carbocycles.